The van der Waals surface area contributed by atoms with E-state index < -0.39 is 0 Å². The van der Waals surface area contributed by atoms with E-state index in [1.807, 2.05) is 4.90 Å². The van der Waals surface area contributed by atoms with Crippen molar-refractivity contribution in [2.45, 2.75) is 38.6 Å². The predicted octanol–water partition coefficient (Wildman–Crippen LogP) is 0.359. The number of nitrogens with zero attached hydrogens (tertiary/aromatic N) is 1. The van der Waals surface area contributed by atoms with Crippen molar-refractivity contribution in [2.75, 3.05) is 26.7 Å². The summed E-state index contributed by atoms with van der Waals surface area (Å²) in [6.07, 6.45) is 4.06. The molecule has 0 saturated carbocycles. The topological polar surface area (TPSA) is 61.4 Å². The van der Waals surface area contributed by atoms with Gasteiger partial charge in [0.25, 0.3) is 0 Å². The number of hydrogen-bond donors (Lipinski definition) is 2. The fourth-order valence-electron chi connectivity index (χ4n) is 3.17. The van der Waals surface area contributed by atoms with Crippen molar-refractivity contribution in [3.05, 3.63) is 0 Å². The van der Waals surface area contributed by atoms with Gasteiger partial charge in [-0.25, -0.2) is 0 Å². The molecule has 0 aromatic rings. The third-order valence-corrected chi connectivity index (χ3v) is 4.39. The molecule has 2 fully saturated rings. The fraction of sp³-hybridized carbons (Fsp3) is 0.857. The van der Waals surface area contributed by atoms with Crippen molar-refractivity contribution in [3.63, 3.8) is 0 Å². The summed E-state index contributed by atoms with van der Waals surface area (Å²) in [5.41, 5.74) is 0. The van der Waals surface area contributed by atoms with Gasteiger partial charge in [0.15, 0.2) is 0 Å². The SMILES string of the molecule is CNC(=O)C1CCCN(C(=O)C2NCCCC2C)C1. The Balaban J connectivity index is 1.96. The maximum atomic E-state index is 12.6. The zero-order valence-electron chi connectivity index (χ0n) is 11.9. The summed E-state index contributed by atoms with van der Waals surface area (Å²) in [4.78, 5) is 26.1. The molecule has 0 aromatic heterocycles. The first kappa shape index (κ1) is 14.3. The van der Waals surface area contributed by atoms with E-state index in [2.05, 4.69) is 17.6 Å². The van der Waals surface area contributed by atoms with Crippen molar-refractivity contribution >= 4 is 11.8 Å². The van der Waals surface area contributed by atoms with Crippen LogP contribution in [0.25, 0.3) is 0 Å². The zero-order chi connectivity index (χ0) is 13.8. The summed E-state index contributed by atoms with van der Waals surface area (Å²) in [5.74, 6) is 0.589. The van der Waals surface area contributed by atoms with Crippen LogP contribution in [0.1, 0.15) is 32.6 Å². The van der Waals surface area contributed by atoms with Gasteiger partial charge in [0.2, 0.25) is 11.8 Å². The first-order valence-corrected chi connectivity index (χ1v) is 7.37. The third-order valence-electron chi connectivity index (χ3n) is 4.39. The van der Waals surface area contributed by atoms with Gasteiger partial charge in [-0.05, 0) is 38.1 Å². The van der Waals surface area contributed by atoms with Crippen molar-refractivity contribution in [3.8, 4) is 0 Å². The molecule has 2 aliphatic heterocycles. The molecular weight excluding hydrogens is 242 g/mol. The van der Waals surface area contributed by atoms with Crippen LogP contribution in [-0.2, 0) is 9.59 Å². The Hall–Kier alpha value is -1.10. The van der Waals surface area contributed by atoms with Crippen molar-refractivity contribution in [1.82, 2.24) is 15.5 Å². The molecule has 2 N–H and O–H groups in total. The van der Waals surface area contributed by atoms with Crippen molar-refractivity contribution < 1.29 is 9.59 Å². The Morgan fingerprint density at radius 3 is 2.74 bits per heavy atom. The minimum atomic E-state index is -0.0582. The van der Waals surface area contributed by atoms with Gasteiger partial charge in [0.1, 0.15) is 0 Å². The predicted molar refractivity (Wildman–Crippen MR) is 73.6 cm³/mol. The first-order chi connectivity index (χ1) is 9.13. The second kappa shape index (κ2) is 6.37. The molecule has 0 radical (unpaired) electrons. The van der Waals surface area contributed by atoms with Crippen LogP contribution in [-0.4, -0.2) is 49.4 Å². The molecule has 0 aromatic carbocycles. The second-order valence-electron chi connectivity index (χ2n) is 5.79. The Morgan fingerprint density at radius 1 is 1.26 bits per heavy atom. The molecule has 108 valence electrons. The molecule has 3 atom stereocenters. The second-order valence-corrected chi connectivity index (χ2v) is 5.79. The zero-order valence-corrected chi connectivity index (χ0v) is 11.9. The average Bonchev–Trinajstić information content (AvgIpc) is 2.46. The number of likely N-dealkylation sites (tertiary alicyclic amines) is 1. The van der Waals surface area contributed by atoms with Crippen LogP contribution in [0.2, 0.25) is 0 Å². The molecule has 19 heavy (non-hydrogen) atoms. The van der Waals surface area contributed by atoms with Gasteiger partial charge < -0.3 is 15.5 Å². The molecule has 0 bridgehead atoms. The van der Waals surface area contributed by atoms with Crippen LogP contribution in [0.4, 0.5) is 0 Å². The molecule has 2 rings (SSSR count). The summed E-state index contributed by atoms with van der Waals surface area (Å²) in [5, 5.41) is 6.02. The Labute approximate surface area is 115 Å². The molecule has 2 heterocycles. The standard InChI is InChI=1S/C14H25N3O2/c1-10-5-3-7-16-12(10)14(19)17-8-4-6-11(9-17)13(18)15-2/h10-12,16H,3-9H2,1-2H3,(H,15,18). The van der Waals surface area contributed by atoms with Gasteiger partial charge in [0, 0.05) is 20.1 Å². The molecule has 5 heteroatoms. The van der Waals surface area contributed by atoms with E-state index in [1.54, 1.807) is 7.05 Å². The van der Waals surface area contributed by atoms with Crippen LogP contribution in [0.3, 0.4) is 0 Å². The highest BCUT2D eigenvalue weighted by Gasteiger charge is 2.34. The minimum Gasteiger partial charge on any atom is -0.359 e. The van der Waals surface area contributed by atoms with E-state index >= 15 is 0 Å². The molecule has 5 nitrogen and oxygen atoms in total. The van der Waals surface area contributed by atoms with Gasteiger partial charge >= 0.3 is 0 Å². The first-order valence-electron chi connectivity index (χ1n) is 7.37. The Morgan fingerprint density at radius 2 is 2.05 bits per heavy atom. The van der Waals surface area contributed by atoms with Crippen LogP contribution in [0, 0.1) is 11.8 Å². The van der Waals surface area contributed by atoms with Gasteiger partial charge in [-0.1, -0.05) is 6.92 Å². The summed E-state index contributed by atoms with van der Waals surface area (Å²) < 4.78 is 0. The highest BCUT2D eigenvalue weighted by atomic mass is 16.2. The van der Waals surface area contributed by atoms with E-state index in [0.717, 1.165) is 38.8 Å². The number of rotatable bonds is 2. The van der Waals surface area contributed by atoms with E-state index in [0.29, 0.717) is 12.5 Å². The average molecular weight is 267 g/mol. The van der Waals surface area contributed by atoms with Crippen LogP contribution in [0.5, 0.6) is 0 Å². The van der Waals surface area contributed by atoms with Crippen LogP contribution in [0.15, 0.2) is 0 Å². The molecule has 2 saturated heterocycles. The number of hydrogen-bond acceptors (Lipinski definition) is 3. The quantitative estimate of drug-likeness (QED) is 0.759. The monoisotopic (exact) mass is 267 g/mol. The lowest BCUT2D eigenvalue weighted by Crippen LogP contribution is -2.55. The van der Waals surface area contributed by atoms with Gasteiger partial charge in [-0.2, -0.15) is 0 Å². The lowest BCUT2D eigenvalue weighted by atomic mass is 9.90. The van der Waals surface area contributed by atoms with Crippen molar-refractivity contribution in [2.24, 2.45) is 11.8 Å². The summed E-state index contributed by atoms with van der Waals surface area (Å²) in [6, 6.07) is -0.0582. The summed E-state index contributed by atoms with van der Waals surface area (Å²) >= 11 is 0. The number of nitrogens with one attached hydrogen (secondary N) is 2. The molecule has 3 unspecified atom stereocenters. The van der Waals surface area contributed by atoms with Gasteiger partial charge in [-0.3, -0.25) is 9.59 Å². The normalized spacial score (nSPS) is 31.9. The van der Waals surface area contributed by atoms with Crippen LogP contribution < -0.4 is 10.6 Å². The molecule has 0 aliphatic carbocycles. The molecule has 2 amide bonds. The highest BCUT2D eigenvalue weighted by molar-refractivity contribution is 5.84. The third kappa shape index (κ3) is 3.26. The number of carbonyl (C=O) groups is 2. The maximum absolute atomic E-state index is 12.6. The summed E-state index contributed by atoms with van der Waals surface area (Å²) in [7, 11) is 1.66. The van der Waals surface area contributed by atoms with E-state index in [4.69, 9.17) is 0 Å². The number of piperidine rings is 2. The minimum absolute atomic E-state index is 0.0402. The maximum Gasteiger partial charge on any atom is 0.240 e. The number of amides is 2. The van der Waals surface area contributed by atoms with Gasteiger partial charge in [0.05, 0.1) is 12.0 Å². The van der Waals surface area contributed by atoms with Crippen LogP contribution >= 0.6 is 0 Å². The molecular formula is C14H25N3O2. The van der Waals surface area contributed by atoms with Gasteiger partial charge in [-0.15, -0.1) is 0 Å². The number of carbonyl (C=O) groups excluding carboxylic acids is 2. The fourth-order valence-corrected chi connectivity index (χ4v) is 3.17. The van der Waals surface area contributed by atoms with E-state index in [1.165, 1.54) is 0 Å². The van der Waals surface area contributed by atoms with E-state index in [-0.39, 0.29) is 23.8 Å². The highest BCUT2D eigenvalue weighted by Crippen LogP contribution is 2.22. The largest absolute Gasteiger partial charge is 0.359 e. The smallest absolute Gasteiger partial charge is 0.240 e. The summed E-state index contributed by atoms with van der Waals surface area (Å²) in [6.45, 7) is 4.42. The Kier molecular flexibility index (Phi) is 4.80. The lowest BCUT2D eigenvalue weighted by Gasteiger charge is -2.37. The Bertz CT molecular complexity index is 346. The molecule has 0 spiro atoms. The molecule has 2 aliphatic rings. The van der Waals surface area contributed by atoms with Crippen molar-refractivity contribution in [1.29, 1.82) is 0 Å². The van der Waals surface area contributed by atoms with E-state index in [9.17, 15) is 9.59 Å². The lowest BCUT2D eigenvalue weighted by molar-refractivity contribution is -0.139.